The van der Waals surface area contributed by atoms with Crippen molar-refractivity contribution < 1.29 is 9.47 Å². The SMILES string of the molecule is CCC(C)Nc1cc(OC)c(OC)cc1N. The molecular formula is C12H20N2O2. The van der Waals surface area contributed by atoms with E-state index in [0.29, 0.717) is 23.2 Å². The van der Waals surface area contributed by atoms with Crippen LogP contribution >= 0.6 is 0 Å². The molecule has 0 saturated carbocycles. The minimum Gasteiger partial charge on any atom is -0.493 e. The molecule has 0 aliphatic carbocycles. The van der Waals surface area contributed by atoms with Crippen LogP contribution in [-0.2, 0) is 0 Å². The fourth-order valence-corrected chi connectivity index (χ4v) is 1.39. The molecule has 3 N–H and O–H groups in total. The molecule has 1 atom stereocenters. The minimum atomic E-state index is 0.375. The van der Waals surface area contributed by atoms with Crippen molar-refractivity contribution in [3.63, 3.8) is 0 Å². The zero-order valence-corrected chi connectivity index (χ0v) is 10.3. The predicted octanol–water partition coefficient (Wildman–Crippen LogP) is 2.50. The summed E-state index contributed by atoms with van der Waals surface area (Å²) in [6, 6.07) is 4.00. The quantitative estimate of drug-likeness (QED) is 0.754. The smallest absolute Gasteiger partial charge is 0.162 e. The normalized spacial score (nSPS) is 12.0. The number of hydrogen-bond acceptors (Lipinski definition) is 4. The van der Waals surface area contributed by atoms with Crippen molar-refractivity contribution in [3.05, 3.63) is 12.1 Å². The van der Waals surface area contributed by atoms with Crippen LogP contribution in [0, 0.1) is 0 Å². The van der Waals surface area contributed by atoms with Crippen LogP contribution in [0.25, 0.3) is 0 Å². The molecule has 1 aromatic carbocycles. The zero-order chi connectivity index (χ0) is 12.1. The molecule has 4 heteroatoms. The maximum atomic E-state index is 5.93. The van der Waals surface area contributed by atoms with E-state index >= 15 is 0 Å². The monoisotopic (exact) mass is 224 g/mol. The zero-order valence-electron chi connectivity index (χ0n) is 10.3. The van der Waals surface area contributed by atoms with Gasteiger partial charge in [-0.1, -0.05) is 6.92 Å². The molecule has 4 nitrogen and oxygen atoms in total. The minimum absolute atomic E-state index is 0.375. The van der Waals surface area contributed by atoms with Crippen LogP contribution in [0.3, 0.4) is 0 Å². The van der Waals surface area contributed by atoms with Gasteiger partial charge in [-0.3, -0.25) is 0 Å². The van der Waals surface area contributed by atoms with Gasteiger partial charge in [0, 0.05) is 18.2 Å². The van der Waals surface area contributed by atoms with Crippen molar-refractivity contribution in [1.82, 2.24) is 0 Å². The van der Waals surface area contributed by atoms with E-state index in [9.17, 15) is 0 Å². The summed E-state index contributed by atoms with van der Waals surface area (Å²) in [4.78, 5) is 0. The first-order valence-corrected chi connectivity index (χ1v) is 5.40. The number of nitrogens with two attached hydrogens (primary N) is 1. The van der Waals surface area contributed by atoms with Crippen LogP contribution < -0.4 is 20.5 Å². The Hall–Kier alpha value is -1.58. The summed E-state index contributed by atoms with van der Waals surface area (Å²) in [5, 5.41) is 3.33. The summed E-state index contributed by atoms with van der Waals surface area (Å²) in [7, 11) is 3.21. The van der Waals surface area contributed by atoms with Gasteiger partial charge >= 0.3 is 0 Å². The molecule has 0 saturated heterocycles. The van der Waals surface area contributed by atoms with Crippen LogP contribution in [0.4, 0.5) is 11.4 Å². The molecular weight excluding hydrogens is 204 g/mol. The Morgan fingerprint density at radius 1 is 1.25 bits per heavy atom. The fourth-order valence-electron chi connectivity index (χ4n) is 1.39. The van der Waals surface area contributed by atoms with Gasteiger partial charge in [0.1, 0.15) is 0 Å². The van der Waals surface area contributed by atoms with Gasteiger partial charge in [0.15, 0.2) is 11.5 Å². The van der Waals surface area contributed by atoms with Crippen LogP contribution in [0.15, 0.2) is 12.1 Å². The van der Waals surface area contributed by atoms with E-state index in [0.717, 1.165) is 12.1 Å². The average Bonchev–Trinajstić information content (AvgIpc) is 2.30. The van der Waals surface area contributed by atoms with Crippen molar-refractivity contribution in [2.75, 3.05) is 25.3 Å². The van der Waals surface area contributed by atoms with Crippen molar-refractivity contribution in [2.45, 2.75) is 26.3 Å². The van der Waals surface area contributed by atoms with Crippen LogP contribution in [0.2, 0.25) is 0 Å². The second-order valence-electron chi connectivity index (χ2n) is 3.75. The lowest BCUT2D eigenvalue weighted by molar-refractivity contribution is 0.355. The standard InChI is InChI=1S/C12H20N2O2/c1-5-8(2)14-10-7-12(16-4)11(15-3)6-9(10)13/h6-8,14H,5,13H2,1-4H3. The summed E-state index contributed by atoms with van der Waals surface area (Å²) in [5.41, 5.74) is 7.47. The third-order valence-electron chi connectivity index (χ3n) is 2.57. The van der Waals surface area contributed by atoms with E-state index < -0.39 is 0 Å². The third kappa shape index (κ3) is 2.72. The number of anilines is 2. The molecule has 0 heterocycles. The number of ether oxygens (including phenoxy) is 2. The summed E-state index contributed by atoms with van der Waals surface area (Å²) < 4.78 is 10.4. The van der Waals surface area contributed by atoms with Gasteiger partial charge in [0.25, 0.3) is 0 Å². The molecule has 0 aliphatic rings. The molecule has 16 heavy (non-hydrogen) atoms. The molecule has 1 unspecified atom stereocenters. The first-order chi connectivity index (χ1) is 7.62. The molecule has 0 aromatic heterocycles. The lowest BCUT2D eigenvalue weighted by atomic mass is 10.2. The number of nitrogens with one attached hydrogen (secondary N) is 1. The largest absolute Gasteiger partial charge is 0.493 e. The maximum absolute atomic E-state index is 5.93. The highest BCUT2D eigenvalue weighted by molar-refractivity contribution is 5.72. The van der Waals surface area contributed by atoms with E-state index in [1.54, 1.807) is 20.3 Å². The Kier molecular flexibility index (Phi) is 4.28. The van der Waals surface area contributed by atoms with Gasteiger partial charge in [-0.05, 0) is 13.3 Å². The van der Waals surface area contributed by atoms with Crippen molar-refractivity contribution in [2.24, 2.45) is 0 Å². The van der Waals surface area contributed by atoms with E-state index in [2.05, 4.69) is 19.2 Å². The summed E-state index contributed by atoms with van der Waals surface area (Å²) in [6.07, 6.45) is 1.04. The number of nitrogen functional groups attached to an aromatic ring is 1. The maximum Gasteiger partial charge on any atom is 0.162 e. The van der Waals surface area contributed by atoms with Gasteiger partial charge in [0.2, 0.25) is 0 Å². The topological polar surface area (TPSA) is 56.5 Å². The first-order valence-electron chi connectivity index (χ1n) is 5.40. The molecule has 0 spiro atoms. The van der Waals surface area contributed by atoms with Crippen LogP contribution in [-0.4, -0.2) is 20.3 Å². The Morgan fingerprint density at radius 3 is 2.31 bits per heavy atom. The summed E-state index contributed by atoms with van der Waals surface area (Å²) in [5.74, 6) is 1.33. The lowest BCUT2D eigenvalue weighted by Gasteiger charge is -2.17. The van der Waals surface area contributed by atoms with E-state index in [1.807, 2.05) is 6.07 Å². The number of rotatable bonds is 5. The molecule has 90 valence electrons. The average molecular weight is 224 g/mol. The second-order valence-corrected chi connectivity index (χ2v) is 3.75. The Morgan fingerprint density at radius 2 is 1.81 bits per heavy atom. The van der Waals surface area contributed by atoms with Gasteiger partial charge < -0.3 is 20.5 Å². The molecule has 0 fully saturated rings. The lowest BCUT2D eigenvalue weighted by Crippen LogP contribution is -2.14. The Bertz CT molecular complexity index is 353. The van der Waals surface area contributed by atoms with Gasteiger partial charge in [-0.25, -0.2) is 0 Å². The number of methoxy groups -OCH3 is 2. The summed E-state index contributed by atoms with van der Waals surface area (Å²) in [6.45, 7) is 4.23. The van der Waals surface area contributed by atoms with Crippen LogP contribution in [0.1, 0.15) is 20.3 Å². The fraction of sp³-hybridized carbons (Fsp3) is 0.500. The highest BCUT2D eigenvalue weighted by Gasteiger charge is 2.10. The van der Waals surface area contributed by atoms with Gasteiger partial charge in [-0.2, -0.15) is 0 Å². The van der Waals surface area contributed by atoms with Crippen molar-refractivity contribution in [3.8, 4) is 11.5 Å². The van der Waals surface area contributed by atoms with E-state index in [1.165, 1.54) is 0 Å². The predicted molar refractivity (Wildman–Crippen MR) is 67.3 cm³/mol. The van der Waals surface area contributed by atoms with Gasteiger partial charge in [-0.15, -0.1) is 0 Å². The van der Waals surface area contributed by atoms with Crippen molar-refractivity contribution >= 4 is 11.4 Å². The number of hydrogen-bond donors (Lipinski definition) is 2. The van der Waals surface area contributed by atoms with Gasteiger partial charge in [0.05, 0.1) is 25.6 Å². The summed E-state index contributed by atoms with van der Waals surface area (Å²) >= 11 is 0. The van der Waals surface area contributed by atoms with Crippen LogP contribution in [0.5, 0.6) is 11.5 Å². The Labute approximate surface area is 96.7 Å². The third-order valence-corrected chi connectivity index (χ3v) is 2.57. The molecule has 0 bridgehead atoms. The van der Waals surface area contributed by atoms with E-state index in [4.69, 9.17) is 15.2 Å². The molecule has 1 aromatic rings. The molecule has 0 radical (unpaired) electrons. The highest BCUT2D eigenvalue weighted by Crippen LogP contribution is 2.35. The molecule has 0 amide bonds. The molecule has 1 rings (SSSR count). The van der Waals surface area contributed by atoms with E-state index in [-0.39, 0.29) is 0 Å². The molecule has 0 aliphatic heterocycles. The first kappa shape index (κ1) is 12.5. The Balaban J connectivity index is 3.01. The second kappa shape index (κ2) is 5.49. The highest BCUT2D eigenvalue weighted by atomic mass is 16.5. The number of benzene rings is 1. The van der Waals surface area contributed by atoms with Crippen molar-refractivity contribution in [1.29, 1.82) is 0 Å².